The Morgan fingerprint density at radius 3 is 2.52 bits per heavy atom. The van der Waals surface area contributed by atoms with Gasteiger partial charge in [0.1, 0.15) is 5.75 Å². The molecule has 21 heavy (non-hydrogen) atoms. The summed E-state index contributed by atoms with van der Waals surface area (Å²) in [7, 11) is 0. The van der Waals surface area contributed by atoms with E-state index in [1.54, 1.807) is 17.0 Å². The molecule has 4 heteroatoms. The zero-order valence-corrected chi connectivity index (χ0v) is 13.1. The van der Waals surface area contributed by atoms with Crippen molar-refractivity contribution in [1.82, 2.24) is 4.90 Å². The molecule has 0 aliphatic carbocycles. The van der Waals surface area contributed by atoms with E-state index in [0.29, 0.717) is 25.3 Å². The molecule has 4 nitrogen and oxygen atoms in total. The molecule has 0 aliphatic rings. The predicted molar refractivity (Wildman–Crippen MR) is 83.2 cm³/mol. The third kappa shape index (κ3) is 5.47. The molecule has 0 N–H and O–H groups in total. The van der Waals surface area contributed by atoms with Gasteiger partial charge in [-0.05, 0) is 44.5 Å². The Balaban J connectivity index is 2.67. The number of nitriles is 1. The summed E-state index contributed by atoms with van der Waals surface area (Å²) in [5, 5.41) is 8.87. The Bertz CT molecular complexity index is 477. The van der Waals surface area contributed by atoms with E-state index in [1.165, 1.54) is 0 Å². The van der Waals surface area contributed by atoms with Gasteiger partial charge in [-0.15, -0.1) is 0 Å². The van der Waals surface area contributed by atoms with Crippen molar-refractivity contribution in [2.24, 2.45) is 5.92 Å². The van der Waals surface area contributed by atoms with Crippen molar-refractivity contribution in [3.05, 3.63) is 29.8 Å². The van der Waals surface area contributed by atoms with Crippen LogP contribution in [-0.4, -0.2) is 30.5 Å². The molecule has 0 aromatic heterocycles. The summed E-state index contributed by atoms with van der Waals surface area (Å²) >= 11 is 0. The topological polar surface area (TPSA) is 53.3 Å². The summed E-state index contributed by atoms with van der Waals surface area (Å²) in [5.74, 6) is 0.582. The van der Waals surface area contributed by atoms with Gasteiger partial charge in [0.25, 0.3) is 5.91 Å². The van der Waals surface area contributed by atoms with Crippen LogP contribution in [0.15, 0.2) is 24.3 Å². The van der Waals surface area contributed by atoms with Crippen LogP contribution in [-0.2, 0) is 0 Å². The highest BCUT2D eigenvalue weighted by atomic mass is 16.5. The second kappa shape index (κ2) is 9.02. The zero-order chi connectivity index (χ0) is 15.7. The summed E-state index contributed by atoms with van der Waals surface area (Å²) in [6, 6.07) is 9.37. The van der Waals surface area contributed by atoms with Crippen LogP contribution in [0.5, 0.6) is 5.75 Å². The van der Waals surface area contributed by atoms with E-state index < -0.39 is 0 Å². The molecule has 1 amide bonds. The van der Waals surface area contributed by atoms with E-state index in [2.05, 4.69) is 13.0 Å². The van der Waals surface area contributed by atoms with Crippen LogP contribution >= 0.6 is 0 Å². The number of unbranched alkanes of at least 4 members (excludes halogenated alkanes) is 1. The van der Waals surface area contributed by atoms with E-state index in [0.717, 1.165) is 18.6 Å². The first kappa shape index (κ1) is 17.0. The van der Waals surface area contributed by atoms with Gasteiger partial charge in [-0.2, -0.15) is 5.26 Å². The van der Waals surface area contributed by atoms with Crippen molar-refractivity contribution in [3.8, 4) is 11.8 Å². The van der Waals surface area contributed by atoms with Gasteiger partial charge in [-0.3, -0.25) is 4.79 Å². The van der Waals surface area contributed by atoms with Gasteiger partial charge >= 0.3 is 0 Å². The molecule has 0 fully saturated rings. The lowest BCUT2D eigenvalue weighted by atomic mass is 10.1. The number of benzene rings is 1. The number of amides is 1. The van der Waals surface area contributed by atoms with Crippen molar-refractivity contribution in [1.29, 1.82) is 5.26 Å². The molecule has 0 saturated heterocycles. The molecular weight excluding hydrogens is 264 g/mol. The molecule has 1 unspecified atom stereocenters. The molecule has 1 rings (SSSR count). The summed E-state index contributed by atoms with van der Waals surface area (Å²) in [6.45, 7) is 7.61. The molecule has 114 valence electrons. The Labute approximate surface area is 127 Å². The Hall–Kier alpha value is -2.02. The first-order chi connectivity index (χ1) is 10.1. The minimum absolute atomic E-state index is 0.0419. The summed E-state index contributed by atoms with van der Waals surface area (Å²) < 4.78 is 5.58. The van der Waals surface area contributed by atoms with Gasteiger partial charge in [-0.25, -0.2) is 0 Å². The molecule has 1 atom stereocenters. The van der Waals surface area contributed by atoms with Crippen LogP contribution in [0.3, 0.4) is 0 Å². The molecule has 0 spiro atoms. The lowest BCUT2D eigenvalue weighted by molar-refractivity contribution is 0.0752. The summed E-state index contributed by atoms with van der Waals surface area (Å²) in [5.41, 5.74) is 0.629. The fourth-order valence-corrected chi connectivity index (χ4v) is 1.94. The predicted octanol–water partition coefficient (Wildman–Crippen LogP) is 3.49. The Morgan fingerprint density at radius 1 is 1.33 bits per heavy atom. The SMILES string of the molecule is CCCCOc1ccc(C(=O)N(CC)CC(C)C#N)cc1. The zero-order valence-electron chi connectivity index (χ0n) is 13.1. The van der Waals surface area contributed by atoms with E-state index >= 15 is 0 Å². The lowest BCUT2D eigenvalue weighted by Gasteiger charge is -2.22. The average Bonchev–Trinajstić information content (AvgIpc) is 2.52. The van der Waals surface area contributed by atoms with Crippen LogP contribution in [0.25, 0.3) is 0 Å². The highest BCUT2D eigenvalue weighted by molar-refractivity contribution is 5.94. The smallest absolute Gasteiger partial charge is 0.253 e. The van der Waals surface area contributed by atoms with Crippen molar-refractivity contribution in [2.75, 3.05) is 19.7 Å². The fourth-order valence-electron chi connectivity index (χ4n) is 1.94. The van der Waals surface area contributed by atoms with E-state index in [9.17, 15) is 4.79 Å². The second-order valence-electron chi connectivity index (χ2n) is 5.10. The number of carbonyl (C=O) groups is 1. The largest absolute Gasteiger partial charge is 0.494 e. The maximum Gasteiger partial charge on any atom is 0.253 e. The summed E-state index contributed by atoms with van der Waals surface area (Å²) in [4.78, 5) is 14.1. The third-order valence-electron chi connectivity index (χ3n) is 3.25. The number of hydrogen-bond acceptors (Lipinski definition) is 3. The highest BCUT2D eigenvalue weighted by Crippen LogP contribution is 2.15. The van der Waals surface area contributed by atoms with Crippen LogP contribution < -0.4 is 4.74 Å². The lowest BCUT2D eigenvalue weighted by Crippen LogP contribution is -2.34. The highest BCUT2D eigenvalue weighted by Gasteiger charge is 2.16. The van der Waals surface area contributed by atoms with Gasteiger partial charge in [0, 0.05) is 18.7 Å². The normalized spacial score (nSPS) is 11.5. The summed E-state index contributed by atoms with van der Waals surface area (Å²) in [6.07, 6.45) is 2.12. The number of rotatable bonds is 8. The first-order valence-corrected chi connectivity index (χ1v) is 7.54. The molecule has 0 saturated carbocycles. The molecule has 0 aliphatic heterocycles. The standard InChI is InChI=1S/C17H24N2O2/c1-4-6-11-21-16-9-7-15(8-10-16)17(20)19(5-2)13-14(3)12-18/h7-10,14H,4-6,11,13H2,1-3H3. The van der Waals surface area contributed by atoms with Crippen molar-refractivity contribution < 1.29 is 9.53 Å². The van der Waals surface area contributed by atoms with Crippen LogP contribution in [0.1, 0.15) is 44.0 Å². The Morgan fingerprint density at radius 2 is 2.00 bits per heavy atom. The molecule has 0 heterocycles. The second-order valence-corrected chi connectivity index (χ2v) is 5.10. The maximum atomic E-state index is 12.4. The number of carbonyl (C=O) groups excluding carboxylic acids is 1. The minimum Gasteiger partial charge on any atom is -0.494 e. The third-order valence-corrected chi connectivity index (χ3v) is 3.25. The maximum absolute atomic E-state index is 12.4. The average molecular weight is 288 g/mol. The van der Waals surface area contributed by atoms with Gasteiger partial charge in [-0.1, -0.05) is 13.3 Å². The van der Waals surface area contributed by atoms with Crippen molar-refractivity contribution in [3.63, 3.8) is 0 Å². The van der Waals surface area contributed by atoms with Crippen molar-refractivity contribution >= 4 is 5.91 Å². The first-order valence-electron chi connectivity index (χ1n) is 7.54. The van der Waals surface area contributed by atoms with Gasteiger partial charge in [0.05, 0.1) is 18.6 Å². The van der Waals surface area contributed by atoms with Crippen LogP contribution in [0.2, 0.25) is 0 Å². The molecule has 1 aromatic carbocycles. The van der Waals surface area contributed by atoms with Gasteiger partial charge in [0.15, 0.2) is 0 Å². The Kier molecular flexibility index (Phi) is 7.31. The fraction of sp³-hybridized carbons (Fsp3) is 0.529. The van der Waals surface area contributed by atoms with Gasteiger partial charge < -0.3 is 9.64 Å². The number of ether oxygens (including phenoxy) is 1. The minimum atomic E-state index is -0.162. The molecule has 0 radical (unpaired) electrons. The number of hydrogen-bond donors (Lipinski definition) is 0. The van der Waals surface area contributed by atoms with Gasteiger partial charge in [0.2, 0.25) is 0 Å². The van der Waals surface area contributed by atoms with E-state index in [1.807, 2.05) is 26.0 Å². The molecule has 1 aromatic rings. The van der Waals surface area contributed by atoms with Crippen LogP contribution in [0.4, 0.5) is 0 Å². The van der Waals surface area contributed by atoms with Crippen molar-refractivity contribution in [2.45, 2.75) is 33.6 Å². The number of nitrogens with zero attached hydrogens (tertiary/aromatic N) is 2. The van der Waals surface area contributed by atoms with Crippen LogP contribution in [0, 0.1) is 17.2 Å². The van der Waals surface area contributed by atoms with E-state index in [4.69, 9.17) is 10.00 Å². The quantitative estimate of drug-likeness (QED) is 0.688. The van der Waals surface area contributed by atoms with E-state index in [-0.39, 0.29) is 11.8 Å². The molecule has 0 bridgehead atoms. The monoisotopic (exact) mass is 288 g/mol. The molecular formula is C17H24N2O2.